The summed E-state index contributed by atoms with van der Waals surface area (Å²) in [4.78, 5) is 12.2. The normalized spacial score (nSPS) is 24.6. The summed E-state index contributed by atoms with van der Waals surface area (Å²) in [6.07, 6.45) is 7.85. The maximum absolute atomic E-state index is 12.2. The molecule has 0 aromatic carbocycles. The van der Waals surface area contributed by atoms with Gasteiger partial charge in [0.05, 0.1) is 5.69 Å². The van der Waals surface area contributed by atoms with Crippen LogP contribution in [0, 0.1) is 5.92 Å². The van der Waals surface area contributed by atoms with Gasteiger partial charge in [0.15, 0.2) is 0 Å². The van der Waals surface area contributed by atoms with E-state index in [2.05, 4.69) is 12.2 Å². The number of nitrogens with one attached hydrogen (secondary N) is 1. The van der Waals surface area contributed by atoms with E-state index >= 15 is 0 Å². The third-order valence-electron chi connectivity index (χ3n) is 3.94. The van der Waals surface area contributed by atoms with Gasteiger partial charge in [-0.2, -0.15) is 0 Å². The summed E-state index contributed by atoms with van der Waals surface area (Å²) in [6, 6.07) is 2.03. The molecule has 1 aromatic heterocycles. The molecule has 18 heavy (non-hydrogen) atoms. The molecule has 2 rings (SSSR count). The first-order valence-corrected chi connectivity index (χ1v) is 6.80. The highest BCUT2D eigenvalue weighted by atomic mass is 16.2. The molecule has 4 nitrogen and oxygen atoms in total. The summed E-state index contributed by atoms with van der Waals surface area (Å²) in [5.41, 5.74) is 6.98. The average Bonchev–Trinajstić information content (AvgIpc) is 2.52. The Labute approximate surface area is 109 Å². The third kappa shape index (κ3) is 2.86. The van der Waals surface area contributed by atoms with Gasteiger partial charge in [-0.15, -0.1) is 0 Å². The number of hydrogen-bond donors (Lipinski definition) is 2. The molecule has 1 saturated carbocycles. The highest BCUT2D eigenvalue weighted by molar-refractivity contribution is 5.94. The molecule has 1 aliphatic rings. The highest BCUT2D eigenvalue weighted by Crippen LogP contribution is 2.23. The second kappa shape index (κ2) is 5.46. The molecule has 0 saturated heterocycles. The molecule has 1 aromatic rings. The Morgan fingerprint density at radius 1 is 1.39 bits per heavy atom. The zero-order valence-electron chi connectivity index (χ0n) is 11.3. The Bertz CT molecular complexity index is 425. The van der Waals surface area contributed by atoms with Gasteiger partial charge < -0.3 is 15.6 Å². The smallest absolute Gasteiger partial charge is 0.268 e. The number of nitrogens with two attached hydrogens (primary N) is 1. The highest BCUT2D eigenvalue weighted by Gasteiger charge is 2.23. The van der Waals surface area contributed by atoms with Gasteiger partial charge in [-0.05, 0) is 24.8 Å². The van der Waals surface area contributed by atoms with Gasteiger partial charge in [0, 0.05) is 19.3 Å². The van der Waals surface area contributed by atoms with E-state index in [-0.39, 0.29) is 5.91 Å². The van der Waals surface area contributed by atoms with Crippen LogP contribution in [0.25, 0.3) is 0 Å². The fourth-order valence-electron chi connectivity index (χ4n) is 2.77. The lowest BCUT2D eigenvalue weighted by molar-refractivity contribution is 0.0913. The molecule has 0 radical (unpaired) electrons. The van der Waals surface area contributed by atoms with E-state index in [9.17, 15) is 4.79 Å². The second-order valence-corrected chi connectivity index (χ2v) is 5.46. The van der Waals surface area contributed by atoms with E-state index in [1.165, 1.54) is 25.7 Å². The molecular weight excluding hydrogens is 226 g/mol. The molecule has 1 aliphatic carbocycles. The molecule has 100 valence electrons. The number of hydrogen-bond acceptors (Lipinski definition) is 2. The zero-order valence-corrected chi connectivity index (χ0v) is 11.3. The van der Waals surface area contributed by atoms with Crippen LogP contribution >= 0.6 is 0 Å². The van der Waals surface area contributed by atoms with Crippen molar-refractivity contribution in [3.05, 3.63) is 18.0 Å². The van der Waals surface area contributed by atoms with Crippen LogP contribution in [-0.4, -0.2) is 16.5 Å². The van der Waals surface area contributed by atoms with Crippen LogP contribution in [0.1, 0.15) is 49.5 Å². The lowest BCUT2D eigenvalue weighted by Gasteiger charge is -2.22. The minimum atomic E-state index is -0.00653. The summed E-state index contributed by atoms with van der Waals surface area (Å²) >= 11 is 0. The monoisotopic (exact) mass is 249 g/mol. The van der Waals surface area contributed by atoms with Gasteiger partial charge in [0.25, 0.3) is 5.91 Å². The summed E-state index contributed by atoms with van der Waals surface area (Å²) in [5, 5.41) is 3.16. The van der Waals surface area contributed by atoms with Crippen LogP contribution in [0.3, 0.4) is 0 Å². The van der Waals surface area contributed by atoms with Crippen molar-refractivity contribution in [3.63, 3.8) is 0 Å². The Kier molecular flexibility index (Phi) is 3.94. The molecule has 0 aliphatic heterocycles. The fourth-order valence-corrected chi connectivity index (χ4v) is 2.77. The summed E-state index contributed by atoms with van der Waals surface area (Å²) < 4.78 is 1.78. The lowest BCUT2D eigenvalue weighted by Crippen LogP contribution is -2.39. The van der Waals surface area contributed by atoms with Gasteiger partial charge in [0.1, 0.15) is 5.69 Å². The van der Waals surface area contributed by atoms with Crippen LogP contribution in [-0.2, 0) is 7.05 Å². The standard InChI is InChI=1S/C14H23N3O/c1-10-6-4-3-5-7-12(10)16-14(18)13-8-11(15)9-17(13)2/h8-10,12H,3-7,15H2,1-2H3,(H,16,18). The summed E-state index contributed by atoms with van der Waals surface area (Å²) in [6.45, 7) is 2.23. The molecular formula is C14H23N3O. The third-order valence-corrected chi connectivity index (χ3v) is 3.94. The Morgan fingerprint density at radius 3 is 2.78 bits per heavy atom. The molecule has 1 amide bonds. The summed E-state index contributed by atoms with van der Waals surface area (Å²) in [5.74, 6) is 0.557. The molecule has 0 bridgehead atoms. The van der Waals surface area contributed by atoms with Gasteiger partial charge in [-0.25, -0.2) is 0 Å². The van der Waals surface area contributed by atoms with E-state index < -0.39 is 0 Å². The first-order chi connectivity index (χ1) is 8.58. The maximum Gasteiger partial charge on any atom is 0.268 e. The first-order valence-electron chi connectivity index (χ1n) is 6.80. The number of carbonyl (C=O) groups is 1. The van der Waals surface area contributed by atoms with E-state index in [1.807, 2.05) is 7.05 Å². The number of anilines is 1. The first kappa shape index (κ1) is 13.0. The number of carbonyl (C=O) groups excluding carboxylic acids is 1. The van der Waals surface area contributed by atoms with Crippen LogP contribution in [0.4, 0.5) is 5.69 Å². The fraction of sp³-hybridized carbons (Fsp3) is 0.643. The Hall–Kier alpha value is -1.45. The van der Waals surface area contributed by atoms with Crippen molar-refractivity contribution in [1.29, 1.82) is 0 Å². The largest absolute Gasteiger partial charge is 0.397 e. The number of aryl methyl sites for hydroxylation is 1. The van der Waals surface area contributed by atoms with Crippen molar-refractivity contribution in [2.45, 2.75) is 45.1 Å². The minimum absolute atomic E-state index is 0.00653. The number of aromatic nitrogens is 1. The molecule has 4 heteroatoms. The van der Waals surface area contributed by atoms with Gasteiger partial charge >= 0.3 is 0 Å². The number of amides is 1. The van der Waals surface area contributed by atoms with Crippen LogP contribution < -0.4 is 11.1 Å². The molecule has 2 atom stereocenters. The molecule has 0 spiro atoms. The van der Waals surface area contributed by atoms with Gasteiger partial charge in [-0.1, -0.05) is 26.2 Å². The number of nitrogen functional groups attached to an aromatic ring is 1. The lowest BCUT2D eigenvalue weighted by atomic mass is 9.97. The Balaban J connectivity index is 2.04. The van der Waals surface area contributed by atoms with Gasteiger partial charge in [-0.3, -0.25) is 4.79 Å². The van der Waals surface area contributed by atoms with Crippen LogP contribution in [0.5, 0.6) is 0 Å². The van der Waals surface area contributed by atoms with Gasteiger partial charge in [0.2, 0.25) is 0 Å². The predicted molar refractivity (Wildman–Crippen MR) is 73.3 cm³/mol. The van der Waals surface area contributed by atoms with Crippen molar-refractivity contribution in [3.8, 4) is 0 Å². The van der Waals surface area contributed by atoms with E-state index in [4.69, 9.17) is 5.73 Å². The van der Waals surface area contributed by atoms with E-state index in [0.29, 0.717) is 23.3 Å². The Morgan fingerprint density at radius 2 is 2.11 bits per heavy atom. The van der Waals surface area contributed by atoms with E-state index in [0.717, 1.165) is 6.42 Å². The van der Waals surface area contributed by atoms with E-state index in [1.54, 1.807) is 16.8 Å². The topological polar surface area (TPSA) is 60.1 Å². The zero-order chi connectivity index (χ0) is 13.1. The predicted octanol–water partition coefficient (Wildman–Crippen LogP) is 2.31. The molecule has 3 N–H and O–H groups in total. The molecule has 1 fully saturated rings. The van der Waals surface area contributed by atoms with Crippen molar-refractivity contribution in [2.75, 3.05) is 5.73 Å². The van der Waals surface area contributed by atoms with Crippen molar-refractivity contribution < 1.29 is 4.79 Å². The van der Waals surface area contributed by atoms with Crippen LogP contribution in [0.2, 0.25) is 0 Å². The maximum atomic E-state index is 12.2. The number of rotatable bonds is 2. The molecule has 1 heterocycles. The van der Waals surface area contributed by atoms with Crippen molar-refractivity contribution in [1.82, 2.24) is 9.88 Å². The minimum Gasteiger partial charge on any atom is -0.397 e. The van der Waals surface area contributed by atoms with Crippen LogP contribution in [0.15, 0.2) is 12.3 Å². The average molecular weight is 249 g/mol. The second-order valence-electron chi connectivity index (χ2n) is 5.46. The quantitative estimate of drug-likeness (QED) is 0.790. The van der Waals surface area contributed by atoms with Crippen molar-refractivity contribution in [2.24, 2.45) is 13.0 Å². The molecule has 2 unspecified atom stereocenters. The SMILES string of the molecule is CC1CCCCCC1NC(=O)c1cc(N)cn1C. The summed E-state index contributed by atoms with van der Waals surface area (Å²) in [7, 11) is 1.85. The number of nitrogens with zero attached hydrogens (tertiary/aromatic N) is 1. The van der Waals surface area contributed by atoms with Crippen molar-refractivity contribution >= 4 is 11.6 Å².